The Balaban J connectivity index is 1.56. The van der Waals surface area contributed by atoms with Gasteiger partial charge in [0.15, 0.2) is 0 Å². The van der Waals surface area contributed by atoms with E-state index >= 15 is 0 Å². The summed E-state index contributed by atoms with van der Waals surface area (Å²) in [6.07, 6.45) is 5.35. The monoisotopic (exact) mass is 332 g/mol. The lowest BCUT2D eigenvalue weighted by Gasteiger charge is -2.10. The minimum absolute atomic E-state index is 0.0115. The van der Waals surface area contributed by atoms with Crippen LogP contribution in [0.5, 0.6) is 0 Å². The van der Waals surface area contributed by atoms with Crippen molar-refractivity contribution in [2.75, 3.05) is 6.54 Å². The predicted octanol–water partition coefficient (Wildman–Crippen LogP) is 4.19. The van der Waals surface area contributed by atoms with Gasteiger partial charge in [-0.2, -0.15) is 0 Å². The van der Waals surface area contributed by atoms with E-state index in [-0.39, 0.29) is 11.8 Å². The van der Waals surface area contributed by atoms with Gasteiger partial charge in [0, 0.05) is 30.2 Å². The van der Waals surface area contributed by atoms with Crippen LogP contribution in [0, 0.1) is 6.92 Å². The summed E-state index contributed by atoms with van der Waals surface area (Å²) in [7, 11) is 0. The molecule has 1 fully saturated rings. The van der Waals surface area contributed by atoms with Crippen LogP contribution in [0.2, 0.25) is 0 Å². The minimum atomic E-state index is 0.0115. The molecule has 128 valence electrons. The van der Waals surface area contributed by atoms with Gasteiger partial charge in [-0.15, -0.1) is 0 Å². The van der Waals surface area contributed by atoms with E-state index in [2.05, 4.69) is 71.5 Å². The number of benzene rings is 2. The summed E-state index contributed by atoms with van der Waals surface area (Å²) in [5.41, 5.74) is 5.09. The first-order valence-corrected chi connectivity index (χ1v) is 9.13. The molecule has 1 atom stereocenters. The summed E-state index contributed by atoms with van der Waals surface area (Å²) in [4.78, 5) is 12.0. The molecule has 3 heteroatoms. The van der Waals surface area contributed by atoms with Crippen molar-refractivity contribution in [2.24, 2.45) is 0 Å². The smallest absolute Gasteiger partial charge is 0.227 e. The molecule has 0 spiro atoms. The number of carbonyl (C=O) groups excluding carboxylic acids is 1. The second-order valence-corrected chi connectivity index (χ2v) is 7.00. The van der Waals surface area contributed by atoms with Crippen LogP contribution >= 0.6 is 0 Å². The Labute approximate surface area is 148 Å². The second kappa shape index (κ2) is 6.75. The summed E-state index contributed by atoms with van der Waals surface area (Å²) >= 11 is 0. The van der Waals surface area contributed by atoms with E-state index in [1.807, 2.05) is 0 Å². The van der Waals surface area contributed by atoms with Gasteiger partial charge >= 0.3 is 0 Å². The van der Waals surface area contributed by atoms with Gasteiger partial charge in [0.25, 0.3) is 0 Å². The second-order valence-electron chi connectivity index (χ2n) is 7.00. The van der Waals surface area contributed by atoms with Crippen LogP contribution < -0.4 is 5.32 Å². The number of carbonyl (C=O) groups is 1. The Hall–Kier alpha value is -2.55. The molecule has 0 saturated carbocycles. The van der Waals surface area contributed by atoms with Crippen molar-refractivity contribution in [2.45, 2.75) is 38.6 Å². The first-order valence-electron chi connectivity index (χ1n) is 9.13. The van der Waals surface area contributed by atoms with E-state index in [1.165, 1.54) is 22.0 Å². The number of fused-ring (bicyclic) bond motifs is 1. The van der Waals surface area contributed by atoms with E-state index in [4.69, 9.17) is 0 Å². The molecule has 1 aromatic heterocycles. The molecule has 3 aromatic rings. The lowest BCUT2D eigenvalue weighted by Crippen LogP contribution is -2.17. The zero-order valence-electron chi connectivity index (χ0n) is 14.7. The number of aryl methyl sites for hydroxylation is 3. The Morgan fingerprint density at radius 3 is 2.76 bits per heavy atom. The topological polar surface area (TPSA) is 34.0 Å². The number of aromatic nitrogens is 1. The fourth-order valence-electron chi connectivity index (χ4n) is 3.90. The predicted molar refractivity (Wildman–Crippen MR) is 102 cm³/mol. The van der Waals surface area contributed by atoms with Gasteiger partial charge in [0.2, 0.25) is 5.91 Å². The van der Waals surface area contributed by atoms with Crippen LogP contribution in [0.25, 0.3) is 10.9 Å². The zero-order valence-corrected chi connectivity index (χ0v) is 14.7. The molecule has 4 rings (SSSR count). The molecule has 25 heavy (non-hydrogen) atoms. The molecule has 2 aromatic carbocycles. The standard InChI is InChI=1S/C22H24N2O/c1-16-15-24(13-5-8-17-6-3-2-4-7-17)21-14-18(9-10-19(16)21)20-11-12-23-22(20)25/h2-4,6-7,9-10,14-15,20H,5,8,11-13H2,1H3,(H,23,25). The first-order chi connectivity index (χ1) is 12.2. The summed E-state index contributed by atoms with van der Waals surface area (Å²) in [6.45, 7) is 3.95. The van der Waals surface area contributed by atoms with Crippen molar-refractivity contribution in [1.82, 2.24) is 9.88 Å². The number of nitrogens with one attached hydrogen (secondary N) is 1. The molecule has 2 heterocycles. The fraction of sp³-hybridized carbons (Fsp3) is 0.318. The Bertz CT molecular complexity index is 895. The van der Waals surface area contributed by atoms with Crippen molar-refractivity contribution in [3.8, 4) is 0 Å². The number of rotatable bonds is 5. The average Bonchev–Trinajstić information content (AvgIpc) is 3.19. The third-order valence-electron chi connectivity index (χ3n) is 5.26. The van der Waals surface area contributed by atoms with Gasteiger partial charge in [-0.1, -0.05) is 42.5 Å². The lowest BCUT2D eigenvalue weighted by molar-refractivity contribution is -0.120. The maximum Gasteiger partial charge on any atom is 0.227 e. The minimum Gasteiger partial charge on any atom is -0.356 e. The van der Waals surface area contributed by atoms with Crippen LogP contribution in [-0.4, -0.2) is 17.0 Å². The average molecular weight is 332 g/mol. The van der Waals surface area contributed by atoms with E-state index < -0.39 is 0 Å². The molecular weight excluding hydrogens is 308 g/mol. The van der Waals surface area contributed by atoms with Crippen LogP contribution in [0.15, 0.2) is 54.7 Å². The number of amides is 1. The van der Waals surface area contributed by atoms with Crippen LogP contribution in [0.4, 0.5) is 0 Å². The van der Waals surface area contributed by atoms with Crippen LogP contribution in [0.1, 0.15) is 35.4 Å². The largest absolute Gasteiger partial charge is 0.356 e. The van der Waals surface area contributed by atoms with Gasteiger partial charge in [0.1, 0.15) is 0 Å². The van der Waals surface area contributed by atoms with Crippen LogP contribution in [0.3, 0.4) is 0 Å². The van der Waals surface area contributed by atoms with E-state index in [1.54, 1.807) is 0 Å². The van der Waals surface area contributed by atoms with Crippen LogP contribution in [-0.2, 0) is 17.8 Å². The molecule has 0 bridgehead atoms. The zero-order chi connectivity index (χ0) is 17.2. The Kier molecular flexibility index (Phi) is 4.31. The molecule has 1 aliphatic heterocycles. The highest BCUT2D eigenvalue weighted by Gasteiger charge is 2.26. The Morgan fingerprint density at radius 2 is 2.00 bits per heavy atom. The van der Waals surface area contributed by atoms with Gasteiger partial charge in [-0.25, -0.2) is 0 Å². The summed E-state index contributed by atoms with van der Waals surface area (Å²) in [6, 6.07) is 17.2. The quantitative estimate of drug-likeness (QED) is 0.747. The third-order valence-corrected chi connectivity index (χ3v) is 5.26. The van der Waals surface area contributed by atoms with E-state index in [9.17, 15) is 4.79 Å². The molecule has 1 N–H and O–H groups in total. The highest BCUT2D eigenvalue weighted by molar-refractivity contribution is 5.89. The lowest BCUT2D eigenvalue weighted by atomic mass is 9.96. The highest BCUT2D eigenvalue weighted by Crippen LogP contribution is 2.29. The molecular formula is C22H24N2O. The first kappa shape index (κ1) is 15.9. The highest BCUT2D eigenvalue weighted by atomic mass is 16.2. The van der Waals surface area contributed by atoms with E-state index in [0.717, 1.165) is 37.9 Å². The summed E-state index contributed by atoms with van der Waals surface area (Å²) in [5.74, 6) is 0.177. The molecule has 3 nitrogen and oxygen atoms in total. The van der Waals surface area contributed by atoms with Gasteiger partial charge in [-0.3, -0.25) is 4.79 Å². The summed E-state index contributed by atoms with van der Waals surface area (Å²) < 4.78 is 2.35. The molecule has 0 aliphatic carbocycles. The molecule has 1 aliphatic rings. The maximum atomic E-state index is 12.0. The van der Waals surface area contributed by atoms with Gasteiger partial charge < -0.3 is 9.88 Å². The number of hydrogen-bond donors (Lipinski definition) is 1. The third kappa shape index (κ3) is 3.19. The SMILES string of the molecule is Cc1cn(CCCc2ccccc2)c2cc(C3CCNC3=O)ccc12. The molecule has 1 amide bonds. The maximum absolute atomic E-state index is 12.0. The Morgan fingerprint density at radius 1 is 1.16 bits per heavy atom. The number of nitrogens with zero attached hydrogens (tertiary/aromatic N) is 1. The molecule has 0 radical (unpaired) electrons. The van der Waals surface area contributed by atoms with Crippen molar-refractivity contribution in [3.05, 3.63) is 71.4 Å². The van der Waals surface area contributed by atoms with Crippen molar-refractivity contribution >= 4 is 16.8 Å². The van der Waals surface area contributed by atoms with E-state index in [0.29, 0.717) is 0 Å². The van der Waals surface area contributed by atoms with Crippen molar-refractivity contribution in [1.29, 1.82) is 0 Å². The fourth-order valence-corrected chi connectivity index (χ4v) is 3.90. The normalized spacial score (nSPS) is 17.2. The van der Waals surface area contributed by atoms with Crippen molar-refractivity contribution in [3.63, 3.8) is 0 Å². The van der Waals surface area contributed by atoms with Crippen molar-refractivity contribution < 1.29 is 4.79 Å². The summed E-state index contributed by atoms with van der Waals surface area (Å²) in [5, 5.41) is 4.24. The molecule has 1 unspecified atom stereocenters. The molecule has 1 saturated heterocycles. The number of hydrogen-bond acceptors (Lipinski definition) is 1. The van der Waals surface area contributed by atoms with Gasteiger partial charge in [0.05, 0.1) is 5.92 Å². The van der Waals surface area contributed by atoms with Gasteiger partial charge in [-0.05, 0) is 48.9 Å².